The minimum absolute atomic E-state index is 0.182. The van der Waals surface area contributed by atoms with Gasteiger partial charge >= 0.3 is 0 Å². The van der Waals surface area contributed by atoms with Gasteiger partial charge in [-0.2, -0.15) is 0 Å². The van der Waals surface area contributed by atoms with Crippen LogP contribution >= 0.6 is 0 Å². The molecule has 4 heteroatoms. The van der Waals surface area contributed by atoms with Gasteiger partial charge in [0.1, 0.15) is 11.5 Å². The highest BCUT2D eigenvalue weighted by molar-refractivity contribution is 5.53. The first kappa shape index (κ1) is 13.8. The molecule has 0 saturated heterocycles. The van der Waals surface area contributed by atoms with Crippen molar-refractivity contribution in [1.82, 2.24) is 0 Å². The molecule has 0 aliphatic carbocycles. The van der Waals surface area contributed by atoms with E-state index < -0.39 is 0 Å². The Morgan fingerprint density at radius 2 is 1.85 bits per heavy atom. The van der Waals surface area contributed by atoms with Gasteiger partial charge in [-0.05, 0) is 29.8 Å². The van der Waals surface area contributed by atoms with Gasteiger partial charge in [0.05, 0.1) is 4.92 Å². The van der Waals surface area contributed by atoms with Gasteiger partial charge in [-0.3, -0.25) is 10.1 Å². The Bertz CT molecular complexity index is 621. The number of para-hydroxylation sites is 1. The first-order chi connectivity index (χ1) is 9.69. The lowest BCUT2D eigenvalue weighted by molar-refractivity contribution is -0.425. The number of ether oxygens (including phenoxy) is 1. The van der Waals surface area contributed by atoms with Gasteiger partial charge in [0.2, 0.25) is 5.70 Å². The fraction of sp³-hybridized carbons (Fsp3) is 0.125. The largest absolute Gasteiger partial charge is 0.457 e. The average Bonchev–Trinajstić information content (AvgIpc) is 2.46. The van der Waals surface area contributed by atoms with Crippen LogP contribution in [0.25, 0.3) is 6.08 Å². The number of nitrogens with zero attached hydrogens (tertiary/aromatic N) is 1. The van der Waals surface area contributed by atoms with Crippen molar-refractivity contribution in [3.63, 3.8) is 0 Å². The second-order valence-electron chi connectivity index (χ2n) is 4.23. The van der Waals surface area contributed by atoms with Crippen LogP contribution in [0.3, 0.4) is 0 Å². The average molecular weight is 269 g/mol. The molecule has 0 N–H and O–H groups in total. The molecule has 4 nitrogen and oxygen atoms in total. The lowest BCUT2D eigenvalue weighted by Gasteiger charge is -2.06. The van der Waals surface area contributed by atoms with Crippen LogP contribution in [0.2, 0.25) is 0 Å². The molecule has 0 atom stereocenters. The highest BCUT2D eigenvalue weighted by Crippen LogP contribution is 2.23. The van der Waals surface area contributed by atoms with Crippen LogP contribution in [0.5, 0.6) is 11.5 Å². The summed E-state index contributed by atoms with van der Waals surface area (Å²) in [7, 11) is 0. The van der Waals surface area contributed by atoms with E-state index in [0.717, 1.165) is 11.3 Å². The molecule has 0 heterocycles. The first-order valence-corrected chi connectivity index (χ1v) is 6.37. The number of rotatable bonds is 5. The fourth-order valence-electron chi connectivity index (χ4n) is 1.77. The maximum absolute atomic E-state index is 10.8. The van der Waals surface area contributed by atoms with Crippen LogP contribution < -0.4 is 4.74 Å². The van der Waals surface area contributed by atoms with Gasteiger partial charge in [0, 0.05) is 12.5 Å². The number of hydrogen-bond donors (Lipinski definition) is 0. The van der Waals surface area contributed by atoms with Gasteiger partial charge < -0.3 is 4.74 Å². The summed E-state index contributed by atoms with van der Waals surface area (Å²) in [6, 6.07) is 16.6. The Morgan fingerprint density at radius 3 is 2.50 bits per heavy atom. The Balaban J connectivity index is 2.22. The predicted octanol–water partition coefficient (Wildman–Crippen LogP) is 4.51. The molecule has 0 spiro atoms. The smallest absolute Gasteiger partial charge is 0.246 e. The minimum Gasteiger partial charge on any atom is -0.457 e. The van der Waals surface area contributed by atoms with Gasteiger partial charge in [-0.15, -0.1) is 0 Å². The van der Waals surface area contributed by atoms with E-state index in [0.29, 0.717) is 12.2 Å². The summed E-state index contributed by atoms with van der Waals surface area (Å²) in [4.78, 5) is 10.5. The zero-order valence-corrected chi connectivity index (χ0v) is 11.2. The van der Waals surface area contributed by atoms with E-state index in [-0.39, 0.29) is 10.6 Å². The van der Waals surface area contributed by atoms with E-state index >= 15 is 0 Å². The molecule has 0 unspecified atom stereocenters. The van der Waals surface area contributed by atoms with Crippen LogP contribution in [-0.2, 0) is 0 Å². The van der Waals surface area contributed by atoms with Crippen molar-refractivity contribution in [2.24, 2.45) is 0 Å². The summed E-state index contributed by atoms with van der Waals surface area (Å²) in [5, 5.41) is 10.8. The maximum atomic E-state index is 10.8. The first-order valence-electron chi connectivity index (χ1n) is 6.37. The molecule has 0 bridgehead atoms. The standard InChI is InChI=1S/C16H15NO3/c1-2-14(17(18)19)11-13-7-6-10-16(12-13)20-15-8-4-3-5-9-15/h3-12H,2H2,1H3. The van der Waals surface area contributed by atoms with Crippen LogP contribution in [0.1, 0.15) is 18.9 Å². The molecule has 0 aliphatic rings. The SMILES string of the molecule is CCC(=Cc1cccc(Oc2ccccc2)c1)[N+](=O)[O-]. The Labute approximate surface area is 117 Å². The van der Waals surface area contributed by atoms with Crippen LogP contribution in [0.4, 0.5) is 0 Å². The summed E-state index contributed by atoms with van der Waals surface area (Å²) < 4.78 is 5.70. The van der Waals surface area contributed by atoms with Crippen molar-refractivity contribution < 1.29 is 9.66 Å². The van der Waals surface area contributed by atoms with E-state index in [1.54, 1.807) is 19.1 Å². The van der Waals surface area contributed by atoms with Gasteiger partial charge in [0.15, 0.2) is 0 Å². The Hall–Kier alpha value is -2.62. The topological polar surface area (TPSA) is 52.4 Å². The summed E-state index contributed by atoms with van der Waals surface area (Å²) in [6.45, 7) is 1.76. The minimum atomic E-state index is -0.356. The van der Waals surface area contributed by atoms with Crippen molar-refractivity contribution in [2.75, 3.05) is 0 Å². The molecule has 0 amide bonds. The molecule has 2 rings (SSSR count). The molecule has 2 aromatic rings. The summed E-state index contributed by atoms with van der Waals surface area (Å²) in [6.07, 6.45) is 1.95. The third-order valence-corrected chi connectivity index (χ3v) is 2.77. The quantitative estimate of drug-likeness (QED) is 0.593. The number of hydrogen-bond acceptors (Lipinski definition) is 3. The number of allylic oxidation sites excluding steroid dienone is 1. The van der Waals surface area contributed by atoms with Crippen molar-refractivity contribution in [3.05, 3.63) is 76.0 Å². The van der Waals surface area contributed by atoms with E-state index in [4.69, 9.17) is 4.74 Å². The lowest BCUT2D eigenvalue weighted by atomic mass is 10.1. The second kappa shape index (κ2) is 6.52. The third-order valence-electron chi connectivity index (χ3n) is 2.77. The molecule has 0 fully saturated rings. The van der Waals surface area contributed by atoms with Gasteiger partial charge in [-0.1, -0.05) is 37.3 Å². The normalized spacial score (nSPS) is 11.2. The van der Waals surface area contributed by atoms with E-state index in [1.165, 1.54) is 0 Å². The fourth-order valence-corrected chi connectivity index (χ4v) is 1.77. The third kappa shape index (κ3) is 3.68. The van der Waals surface area contributed by atoms with Crippen LogP contribution in [-0.4, -0.2) is 4.92 Å². The summed E-state index contributed by atoms with van der Waals surface area (Å²) >= 11 is 0. The van der Waals surface area contributed by atoms with Crippen molar-refractivity contribution in [3.8, 4) is 11.5 Å². The lowest BCUT2D eigenvalue weighted by Crippen LogP contribution is -1.96. The maximum Gasteiger partial charge on any atom is 0.246 e. The van der Waals surface area contributed by atoms with Crippen molar-refractivity contribution in [2.45, 2.75) is 13.3 Å². The molecule has 20 heavy (non-hydrogen) atoms. The number of nitro groups is 1. The van der Waals surface area contributed by atoms with Crippen molar-refractivity contribution in [1.29, 1.82) is 0 Å². The van der Waals surface area contributed by atoms with E-state index in [2.05, 4.69) is 0 Å². The van der Waals surface area contributed by atoms with E-state index in [1.807, 2.05) is 48.5 Å². The molecule has 2 aromatic carbocycles. The number of benzene rings is 2. The molecule has 0 saturated carbocycles. The zero-order chi connectivity index (χ0) is 14.4. The molecular weight excluding hydrogens is 254 g/mol. The van der Waals surface area contributed by atoms with Crippen LogP contribution in [0.15, 0.2) is 60.3 Å². The predicted molar refractivity (Wildman–Crippen MR) is 78.2 cm³/mol. The van der Waals surface area contributed by atoms with Gasteiger partial charge in [0.25, 0.3) is 0 Å². The van der Waals surface area contributed by atoms with Gasteiger partial charge in [-0.25, -0.2) is 0 Å². The monoisotopic (exact) mass is 269 g/mol. The van der Waals surface area contributed by atoms with Crippen molar-refractivity contribution >= 4 is 6.08 Å². The Morgan fingerprint density at radius 1 is 1.15 bits per heavy atom. The van der Waals surface area contributed by atoms with E-state index in [9.17, 15) is 10.1 Å². The zero-order valence-electron chi connectivity index (χ0n) is 11.2. The highest BCUT2D eigenvalue weighted by Gasteiger charge is 2.07. The summed E-state index contributed by atoms with van der Waals surface area (Å²) in [5.74, 6) is 1.39. The molecule has 0 aliphatic heterocycles. The second-order valence-corrected chi connectivity index (χ2v) is 4.23. The Kier molecular flexibility index (Phi) is 4.50. The highest BCUT2D eigenvalue weighted by atomic mass is 16.6. The summed E-state index contributed by atoms with van der Waals surface area (Å²) in [5.41, 5.74) is 0.939. The molecular formula is C16H15NO3. The van der Waals surface area contributed by atoms with Crippen LogP contribution in [0, 0.1) is 10.1 Å². The molecule has 0 aromatic heterocycles. The molecule has 0 radical (unpaired) electrons. The molecule has 102 valence electrons.